The van der Waals surface area contributed by atoms with Gasteiger partial charge in [0.05, 0.1) is 0 Å². The fraction of sp³-hybridized carbons (Fsp3) is 0.310. The maximum atomic E-state index is 13.5. The van der Waals surface area contributed by atoms with Crippen molar-refractivity contribution in [3.05, 3.63) is 100 Å². The van der Waals surface area contributed by atoms with Gasteiger partial charge < -0.3 is 15.0 Å². The first kappa shape index (κ1) is 26.5. The average molecular weight is 537 g/mol. The van der Waals surface area contributed by atoms with Crippen molar-refractivity contribution in [1.29, 1.82) is 0 Å². The Bertz CT molecular complexity index is 1070. The van der Waals surface area contributed by atoms with Crippen molar-refractivity contribution >= 4 is 27.7 Å². The molecule has 1 atom stereocenters. The number of halogens is 1. The van der Waals surface area contributed by atoms with E-state index in [1.54, 1.807) is 17.0 Å². The lowest BCUT2D eigenvalue weighted by atomic mass is 10.0. The highest BCUT2D eigenvalue weighted by Crippen LogP contribution is 2.18. The van der Waals surface area contributed by atoms with Crippen LogP contribution < -0.4 is 10.1 Å². The molecule has 3 rings (SSSR count). The first-order chi connectivity index (χ1) is 17.0. The molecule has 0 aliphatic carbocycles. The molecule has 0 aliphatic heterocycles. The Balaban J connectivity index is 1.86. The molecule has 2 amide bonds. The summed E-state index contributed by atoms with van der Waals surface area (Å²) in [4.78, 5) is 28.6. The fourth-order valence-corrected chi connectivity index (χ4v) is 3.97. The summed E-state index contributed by atoms with van der Waals surface area (Å²) >= 11 is 3.41. The topological polar surface area (TPSA) is 58.6 Å². The number of unbranched alkanes of at least 4 members (excludes halogenated alkanes) is 1. The number of carbonyl (C=O) groups is 2. The largest absolute Gasteiger partial charge is 0.484 e. The van der Waals surface area contributed by atoms with Crippen LogP contribution in [0.2, 0.25) is 0 Å². The van der Waals surface area contributed by atoms with Crippen LogP contribution in [-0.4, -0.2) is 35.9 Å². The smallest absolute Gasteiger partial charge is 0.261 e. The highest BCUT2D eigenvalue weighted by molar-refractivity contribution is 9.10. The molecule has 35 heavy (non-hydrogen) atoms. The number of hydrogen-bond acceptors (Lipinski definition) is 3. The number of nitrogens with one attached hydrogen (secondary N) is 1. The predicted octanol–water partition coefficient (Wildman–Crippen LogP) is 5.69. The van der Waals surface area contributed by atoms with Crippen LogP contribution in [0, 0.1) is 6.92 Å². The molecule has 3 aromatic rings. The van der Waals surface area contributed by atoms with Gasteiger partial charge in [0, 0.05) is 24.0 Å². The lowest BCUT2D eigenvalue weighted by Crippen LogP contribution is -2.51. The van der Waals surface area contributed by atoms with Crippen molar-refractivity contribution in [2.75, 3.05) is 13.2 Å². The van der Waals surface area contributed by atoms with E-state index >= 15 is 0 Å². The van der Waals surface area contributed by atoms with E-state index in [0.717, 1.165) is 34.0 Å². The third-order valence-electron chi connectivity index (χ3n) is 5.75. The van der Waals surface area contributed by atoms with Gasteiger partial charge in [-0.1, -0.05) is 89.4 Å². The summed E-state index contributed by atoms with van der Waals surface area (Å²) in [6, 6.07) is 24.5. The van der Waals surface area contributed by atoms with Gasteiger partial charge in [0.15, 0.2) is 6.61 Å². The van der Waals surface area contributed by atoms with E-state index in [0.29, 0.717) is 25.3 Å². The molecule has 0 saturated carbocycles. The summed E-state index contributed by atoms with van der Waals surface area (Å²) in [5.41, 5.74) is 3.11. The number of rotatable bonds is 12. The van der Waals surface area contributed by atoms with Gasteiger partial charge in [0.1, 0.15) is 11.8 Å². The van der Waals surface area contributed by atoms with Crippen LogP contribution in [0.4, 0.5) is 0 Å². The van der Waals surface area contributed by atoms with Crippen molar-refractivity contribution in [2.45, 2.75) is 45.7 Å². The van der Waals surface area contributed by atoms with Gasteiger partial charge >= 0.3 is 0 Å². The Morgan fingerprint density at radius 3 is 2.29 bits per heavy atom. The molecule has 0 unspecified atom stereocenters. The van der Waals surface area contributed by atoms with Gasteiger partial charge in [-0.3, -0.25) is 9.59 Å². The summed E-state index contributed by atoms with van der Waals surface area (Å²) in [6.07, 6.45) is 2.30. The molecule has 0 spiro atoms. The van der Waals surface area contributed by atoms with Crippen LogP contribution in [0.3, 0.4) is 0 Å². The van der Waals surface area contributed by atoms with Crippen LogP contribution in [0.15, 0.2) is 83.3 Å². The third-order valence-corrected chi connectivity index (χ3v) is 6.28. The van der Waals surface area contributed by atoms with E-state index in [4.69, 9.17) is 4.74 Å². The second-order valence-electron chi connectivity index (χ2n) is 8.60. The molecule has 0 aromatic heterocycles. The molecule has 0 fully saturated rings. The summed E-state index contributed by atoms with van der Waals surface area (Å²) in [5, 5.41) is 3.04. The summed E-state index contributed by atoms with van der Waals surface area (Å²) in [5.74, 6) is 0.218. The minimum atomic E-state index is -0.656. The molecular weight excluding hydrogens is 504 g/mol. The molecule has 0 heterocycles. The van der Waals surface area contributed by atoms with Crippen molar-refractivity contribution in [3.63, 3.8) is 0 Å². The second-order valence-corrected chi connectivity index (χ2v) is 9.52. The summed E-state index contributed by atoms with van der Waals surface area (Å²) < 4.78 is 6.73. The zero-order valence-corrected chi connectivity index (χ0v) is 22.0. The number of nitrogens with zero attached hydrogens (tertiary/aromatic N) is 1. The highest BCUT2D eigenvalue weighted by Gasteiger charge is 2.30. The van der Waals surface area contributed by atoms with Crippen LogP contribution in [0.25, 0.3) is 0 Å². The van der Waals surface area contributed by atoms with Crippen LogP contribution in [0.1, 0.15) is 36.5 Å². The van der Waals surface area contributed by atoms with Crippen LogP contribution >= 0.6 is 15.9 Å². The number of carbonyl (C=O) groups excluding carboxylic acids is 2. The van der Waals surface area contributed by atoms with E-state index < -0.39 is 6.04 Å². The minimum absolute atomic E-state index is 0.147. The van der Waals surface area contributed by atoms with Crippen molar-refractivity contribution < 1.29 is 14.3 Å². The van der Waals surface area contributed by atoms with Gasteiger partial charge in [0.25, 0.3) is 5.91 Å². The Hall–Kier alpha value is -3.12. The van der Waals surface area contributed by atoms with E-state index in [-0.39, 0.29) is 18.4 Å². The molecule has 6 heteroatoms. The van der Waals surface area contributed by atoms with E-state index in [9.17, 15) is 9.59 Å². The number of ether oxygens (including phenoxy) is 1. The predicted molar refractivity (Wildman–Crippen MR) is 143 cm³/mol. The maximum Gasteiger partial charge on any atom is 0.261 e. The standard InChI is InChI=1S/C29H33BrN2O3/c1-3-4-18-31-29(34)27(19-23-8-6-5-7-9-23)32(20-24-12-10-22(2)11-13-24)28(33)21-35-26-16-14-25(30)15-17-26/h5-17,27H,3-4,18-21H2,1-2H3,(H,31,34)/t27-/m1/s1. The van der Waals surface area contributed by atoms with E-state index in [1.165, 1.54) is 0 Å². The monoisotopic (exact) mass is 536 g/mol. The van der Waals surface area contributed by atoms with Crippen molar-refractivity contribution in [2.24, 2.45) is 0 Å². The molecule has 0 aliphatic rings. The zero-order chi connectivity index (χ0) is 25.0. The number of benzene rings is 3. The summed E-state index contributed by atoms with van der Waals surface area (Å²) in [6.45, 7) is 4.86. The van der Waals surface area contributed by atoms with Gasteiger partial charge in [-0.25, -0.2) is 0 Å². The number of amides is 2. The van der Waals surface area contributed by atoms with Crippen molar-refractivity contribution in [3.8, 4) is 5.75 Å². The first-order valence-corrected chi connectivity index (χ1v) is 12.8. The van der Waals surface area contributed by atoms with Crippen LogP contribution in [-0.2, 0) is 22.6 Å². The van der Waals surface area contributed by atoms with Gasteiger partial charge in [-0.05, 0) is 48.7 Å². The lowest BCUT2D eigenvalue weighted by Gasteiger charge is -2.31. The van der Waals surface area contributed by atoms with Gasteiger partial charge in [0.2, 0.25) is 5.91 Å². The molecular formula is C29H33BrN2O3. The molecule has 0 saturated heterocycles. The molecule has 3 aromatic carbocycles. The zero-order valence-electron chi connectivity index (χ0n) is 20.4. The lowest BCUT2D eigenvalue weighted by molar-refractivity contribution is -0.142. The Kier molecular flexibility index (Phi) is 10.4. The molecule has 0 radical (unpaired) electrons. The molecule has 1 N–H and O–H groups in total. The summed E-state index contributed by atoms with van der Waals surface area (Å²) in [7, 11) is 0. The third kappa shape index (κ3) is 8.55. The Morgan fingerprint density at radius 1 is 0.943 bits per heavy atom. The van der Waals surface area contributed by atoms with E-state index in [1.807, 2.05) is 73.7 Å². The first-order valence-electron chi connectivity index (χ1n) is 12.0. The van der Waals surface area contributed by atoms with Crippen molar-refractivity contribution in [1.82, 2.24) is 10.2 Å². The normalized spacial score (nSPS) is 11.5. The Morgan fingerprint density at radius 2 is 1.63 bits per heavy atom. The average Bonchev–Trinajstić information content (AvgIpc) is 2.87. The molecule has 0 bridgehead atoms. The van der Waals surface area contributed by atoms with Gasteiger partial charge in [-0.2, -0.15) is 0 Å². The number of hydrogen-bond donors (Lipinski definition) is 1. The molecule has 5 nitrogen and oxygen atoms in total. The maximum absolute atomic E-state index is 13.5. The van der Waals surface area contributed by atoms with Crippen LogP contribution in [0.5, 0.6) is 5.75 Å². The fourth-order valence-electron chi connectivity index (χ4n) is 3.71. The Labute approximate surface area is 216 Å². The SMILES string of the molecule is CCCCNC(=O)[C@@H](Cc1ccccc1)N(Cc1ccc(C)cc1)C(=O)COc1ccc(Br)cc1. The second kappa shape index (κ2) is 13.7. The molecule has 184 valence electrons. The minimum Gasteiger partial charge on any atom is -0.484 e. The highest BCUT2D eigenvalue weighted by atomic mass is 79.9. The number of aryl methyl sites for hydroxylation is 1. The quantitative estimate of drug-likeness (QED) is 0.302. The van der Waals surface area contributed by atoms with E-state index in [2.05, 4.69) is 28.2 Å². The van der Waals surface area contributed by atoms with Gasteiger partial charge in [-0.15, -0.1) is 0 Å².